The molecule has 1 aromatic carbocycles. The zero-order valence-corrected chi connectivity index (χ0v) is 19.9. The number of nitrogens with zero attached hydrogens (tertiary/aromatic N) is 4. The molecule has 7 nitrogen and oxygen atoms in total. The van der Waals surface area contributed by atoms with Crippen LogP contribution in [0.4, 0.5) is 0 Å². The first-order valence-electron chi connectivity index (χ1n) is 12.4. The van der Waals surface area contributed by atoms with E-state index in [0.29, 0.717) is 6.04 Å². The van der Waals surface area contributed by atoms with Gasteiger partial charge < -0.3 is 23.8 Å². The van der Waals surface area contributed by atoms with E-state index in [0.717, 1.165) is 79.9 Å². The Bertz CT molecular complexity index is 958. The number of benzene rings is 1. The van der Waals surface area contributed by atoms with Crippen LogP contribution in [0.25, 0.3) is 11.3 Å². The summed E-state index contributed by atoms with van der Waals surface area (Å²) >= 11 is 0. The van der Waals surface area contributed by atoms with Gasteiger partial charge >= 0.3 is 0 Å². The van der Waals surface area contributed by atoms with E-state index in [1.165, 1.54) is 38.2 Å². The molecule has 33 heavy (non-hydrogen) atoms. The molecular weight excluding hydrogens is 416 g/mol. The zero-order chi connectivity index (χ0) is 22.8. The van der Waals surface area contributed by atoms with E-state index in [-0.39, 0.29) is 0 Å². The van der Waals surface area contributed by atoms with Crippen LogP contribution in [0.3, 0.4) is 0 Å². The summed E-state index contributed by atoms with van der Waals surface area (Å²) in [5.41, 5.74) is 2.09. The number of rotatable bonds is 6. The van der Waals surface area contributed by atoms with Crippen molar-refractivity contribution in [3.8, 4) is 22.8 Å². The maximum atomic E-state index is 11.0. The summed E-state index contributed by atoms with van der Waals surface area (Å²) in [6.07, 6.45) is 10.4. The van der Waals surface area contributed by atoms with Gasteiger partial charge in [0.2, 0.25) is 6.41 Å². The monoisotopic (exact) mass is 452 g/mol. The zero-order valence-electron chi connectivity index (χ0n) is 19.9. The first-order valence-corrected chi connectivity index (χ1v) is 12.4. The second-order valence-electron chi connectivity index (χ2n) is 9.81. The molecule has 1 aromatic heterocycles. The van der Waals surface area contributed by atoms with Crippen molar-refractivity contribution in [2.75, 3.05) is 40.4 Å². The molecule has 178 valence electrons. The third-order valence-electron chi connectivity index (χ3n) is 8.11. The number of hydrogen-bond acceptors (Lipinski definition) is 5. The fourth-order valence-corrected chi connectivity index (χ4v) is 6.10. The number of methoxy groups -OCH3 is 2. The summed E-state index contributed by atoms with van der Waals surface area (Å²) in [6, 6.07) is 6.69. The molecule has 0 bridgehead atoms. The molecule has 0 N–H and O–H groups in total. The summed E-state index contributed by atoms with van der Waals surface area (Å²) in [5.74, 6) is 4.23. The van der Waals surface area contributed by atoms with Gasteiger partial charge in [-0.2, -0.15) is 0 Å². The van der Waals surface area contributed by atoms with Crippen LogP contribution >= 0.6 is 0 Å². The number of piperidine rings is 2. The van der Waals surface area contributed by atoms with Gasteiger partial charge in [0.25, 0.3) is 0 Å². The van der Waals surface area contributed by atoms with Gasteiger partial charge in [-0.1, -0.05) is 0 Å². The summed E-state index contributed by atoms with van der Waals surface area (Å²) in [4.78, 5) is 20.5. The molecule has 1 atom stereocenters. The quantitative estimate of drug-likeness (QED) is 0.628. The van der Waals surface area contributed by atoms with Crippen molar-refractivity contribution >= 4 is 6.41 Å². The van der Waals surface area contributed by atoms with Crippen molar-refractivity contribution in [2.45, 2.75) is 51.1 Å². The number of fused-ring (bicyclic) bond motifs is 1. The third kappa shape index (κ3) is 4.60. The molecule has 1 amide bonds. The van der Waals surface area contributed by atoms with Crippen LogP contribution in [-0.4, -0.2) is 72.2 Å². The molecule has 0 saturated carbocycles. The molecule has 2 saturated heterocycles. The molecular formula is C26H36N4O3. The molecule has 3 aliphatic heterocycles. The number of likely N-dealkylation sites (tertiary alicyclic amines) is 2. The molecule has 0 aliphatic carbocycles. The van der Waals surface area contributed by atoms with Crippen LogP contribution in [0.5, 0.6) is 11.5 Å². The molecule has 2 fully saturated rings. The van der Waals surface area contributed by atoms with Crippen molar-refractivity contribution in [2.24, 2.45) is 11.8 Å². The van der Waals surface area contributed by atoms with Gasteiger partial charge in [-0.25, -0.2) is 4.98 Å². The number of carbonyl (C=O) groups is 1. The second kappa shape index (κ2) is 9.75. The van der Waals surface area contributed by atoms with Gasteiger partial charge in [0, 0.05) is 43.9 Å². The van der Waals surface area contributed by atoms with Crippen molar-refractivity contribution in [1.29, 1.82) is 0 Å². The van der Waals surface area contributed by atoms with Crippen molar-refractivity contribution in [1.82, 2.24) is 19.4 Å². The van der Waals surface area contributed by atoms with Crippen LogP contribution in [0.2, 0.25) is 0 Å². The largest absolute Gasteiger partial charge is 0.493 e. The average molecular weight is 453 g/mol. The Morgan fingerprint density at radius 1 is 0.939 bits per heavy atom. The van der Waals surface area contributed by atoms with Gasteiger partial charge in [0.05, 0.1) is 19.9 Å². The minimum atomic E-state index is 0.665. The number of aromatic nitrogens is 2. The Balaban J connectivity index is 1.19. The highest BCUT2D eigenvalue weighted by atomic mass is 16.5. The lowest BCUT2D eigenvalue weighted by Crippen LogP contribution is -2.48. The molecule has 0 spiro atoms. The first-order chi connectivity index (χ1) is 16.2. The summed E-state index contributed by atoms with van der Waals surface area (Å²) in [5, 5.41) is 0. The van der Waals surface area contributed by atoms with E-state index >= 15 is 0 Å². The highest BCUT2D eigenvalue weighted by Crippen LogP contribution is 2.36. The van der Waals surface area contributed by atoms with E-state index in [1.54, 1.807) is 14.2 Å². The van der Waals surface area contributed by atoms with Crippen LogP contribution in [0.15, 0.2) is 24.4 Å². The number of amides is 1. The summed E-state index contributed by atoms with van der Waals surface area (Å²) in [6.45, 7) is 5.34. The van der Waals surface area contributed by atoms with Crippen molar-refractivity contribution in [3.63, 3.8) is 0 Å². The predicted molar refractivity (Wildman–Crippen MR) is 128 cm³/mol. The minimum absolute atomic E-state index is 0.665. The highest BCUT2D eigenvalue weighted by Gasteiger charge is 2.33. The minimum Gasteiger partial charge on any atom is -0.493 e. The molecule has 1 unspecified atom stereocenters. The number of aryl methyl sites for hydroxylation is 1. The maximum Gasteiger partial charge on any atom is 0.209 e. The van der Waals surface area contributed by atoms with Crippen molar-refractivity contribution < 1.29 is 14.3 Å². The van der Waals surface area contributed by atoms with Crippen LogP contribution in [0.1, 0.15) is 37.9 Å². The molecule has 4 heterocycles. The lowest BCUT2D eigenvalue weighted by Gasteiger charge is -2.43. The number of ether oxygens (including phenoxy) is 2. The van der Waals surface area contributed by atoms with E-state index in [9.17, 15) is 4.79 Å². The van der Waals surface area contributed by atoms with E-state index < -0.39 is 0 Å². The normalized spacial score (nSPS) is 22.7. The molecule has 5 rings (SSSR count). The van der Waals surface area contributed by atoms with E-state index in [2.05, 4.69) is 21.7 Å². The predicted octanol–water partition coefficient (Wildman–Crippen LogP) is 3.46. The molecule has 3 aliphatic rings. The smallest absolute Gasteiger partial charge is 0.209 e. The highest BCUT2D eigenvalue weighted by molar-refractivity contribution is 5.63. The maximum absolute atomic E-state index is 11.0. The average Bonchev–Trinajstić information content (AvgIpc) is 3.32. The SMILES string of the molecule is COc1ccc(-c2cn3c(n2)CCC(C2CCN(C4CCN(C=O)CC4)CC2)C3)cc1OC. The second-order valence-corrected chi connectivity index (χ2v) is 9.81. The Hall–Kier alpha value is -2.54. The van der Waals surface area contributed by atoms with E-state index in [4.69, 9.17) is 14.5 Å². The van der Waals surface area contributed by atoms with Gasteiger partial charge in [-0.3, -0.25) is 4.79 Å². The Labute approximate surface area is 196 Å². The molecule has 7 heteroatoms. The van der Waals surface area contributed by atoms with Gasteiger partial charge in [0.1, 0.15) is 5.82 Å². The summed E-state index contributed by atoms with van der Waals surface area (Å²) in [7, 11) is 3.33. The van der Waals surface area contributed by atoms with Gasteiger partial charge in [-0.15, -0.1) is 0 Å². The third-order valence-corrected chi connectivity index (χ3v) is 8.11. The molecule has 2 aromatic rings. The van der Waals surface area contributed by atoms with E-state index in [1.807, 2.05) is 17.0 Å². The Morgan fingerprint density at radius 2 is 1.70 bits per heavy atom. The summed E-state index contributed by atoms with van der Waals surface area (Å²) < 4.78 is 13.2. The number of carbonyl (C=O) groups excluding carboxylic acids is 1. The van der Waals surface area contributed by atoms with Crippen LogP contribution < -0.4 is 9.47 Å². The lowest BCUT2D eigenvalue weighted by molar-refractivity contribution is -0.119. The van der Waals surface area contributed by atoms with Crippen LogP contribution in [0, 0.1) is 11.8 Å². The van der Waals surface area contributed by atoms with Gasteiger partial charge in [0.15, 0.2) is 11.5 Å². The first kappa shape index (κ1) is 22.3. The number of hydrogen-bond donors (Lipinski definition) is 0. The van der Waals surface area contributed by atoms with Crippen molar-refractivity contribution in [3.05, 3.63) is 30.2 Å². The topological polar surface area (TPSA) is 59.8 Å². The standard InChI is InChI=1S/C26H36N4O3/c1-32-24-5-3-20(15-25(24)33-2)23-17-30-16-21(4-6-26(30)27-23)19-7-13-29(14-8-19)22-9-11-28(18-31)12-10-22/h3,5,15,17-19,21-22H,4,6-14,16H2,1-2H3. The van der Waals surface area contributed by atoms with Gasteiger partial charge in [-0.05, 0) is 75.2 Å². The van der Waals surface area contributed by atoms with Crippen LogP contribution in [-0.2, 0) is 17.8 Å². The Morgan fingerprint density at radius 3 is 2.39 bits per heavy atom. The fourth-order valence-electron chi connectivity index (χ4n) is 6.10. The number of imidazole rings is 1. The fraction of sp³-hybridized carbons (Fsp3) is 0.615. The lowest BCUT2D eigenvalue weighted by atomic mass is 9.79. The Kier molecular flexibility index (Phi) is 6.58. The molecule has 0 radical (unpaired) electrons.